The lowest BCUT2D eigenvalue weighted by Crippen LogP contribution is -2.57. The van der Waals surface area contributed by atoms with Crippen molar-refractivity contribution in [1.29, 1.82) is 0 Å². The molecule has 0 aliphatic rings. The van der Waals surface area contributed by atoms with Crippen molar-refractivity contribution in [3.63, 3.8) is 0 Å². The van der Waals surface area contributed by atoms with Crippen molar-refractivity contribution in [1.82, 2.24) is 30.9 Å². The Hall–Kier alpha value is -5.25. The van der Waals surface area contributed by atoms with Crippen LogP contribution >= 0.6 is 0 Å². The first-order valence-electron chi connectivity index (χ1n) is 13.3. The SMILES string of the molecule is NC(Cc1cnc[nH]1)C(=O)NC(Cc1c[nH]c2ccccc12)C(=O)NC(CCC(=O)O)C(=O)NC(CCC(=O)O)C(=O)O. The molecule has 10 N–H and O–H groups in total. The van der Waals surface area contributed by atoms with Crippen molar-refractivity contribution in [3.05, 3.63) is 54.2 Å². The summed E-state index contributed by atoms with van der Waals surface area (Å²) >= 11 is 0. The molecule has 0 radical (unpaired) electrons. The van der Waals surface area contributed by atoms with Crippen LogP contribution in [0.4, 0.5) is 0 Å². The van der Waals surface area contributed by atoms with E-state index in [1.165, 1.54) is 12.5 Å². The van der Waals surface area contributed by atoms with Crippen LogP contribution in [0.1, 0.15) is 36.9 Å². The maximum atomic E-state index is 13.6. The van der Waals surface area contributed by atoms with Gasteiger partial charge in [-0.25, -0.2) is 9.78 Å². The summed E-state index contributed by atoms with van der Waals surface area (Å²) in [6.07, 6.45) is 2.67. The lowest BCUT2D eigenvalue weighted by atomic mass is 10.0. The third-order valence-electron chi connectivity index (χ3n) is 6.60. The number of hydrogen-bond acceptors (Lipinski definition) is 8. The van der Waals surface area contributed by atoms with E-state index in [-0.39, 0.29) is 12.8 Å². The average molecular weight is 600 g/mol. The van der Waals surface area contributed by atoms with Crippen LogP contribution in [0, 0.1) is 0 Å². The molecule has 0 spiro atoms. The molecule has 2 heterocycles. The molecule has 0 fully saturated rings. The second kappa shape index (κ2) is 15.1. The molecule has 0 saturated heterocycles. The number of para-hydroxylation sites is 1. The highest BCUT2D eigenvalue weighted by Crippen LogP contribution is 2.19. The Morgan fingerprint density at radius 1 is 0.791 bits per heavy atom. The number of carbonyl (C=O) groups is 6. The number of H-pyrrole nitrogens is 2. The number of imidazole rings is 1. The van der Waals surface area contributed by atoms with Crippen molar-refractivity contribution in [2.24, 2.45) is 5.73 Å². The standard InChI is InChI=1S/C27H33N7O9/c28-17(10-15-12-29-13-31-15)24(39)34-21(9-14-11-30-18-4-2-1-3-16(14)18)26(41)32-19(5-7-22(35)36)25(40)33-20(27(42)43)6-8-23(37)38/h1-4,11-13,17,19-21,30H,5-10,28H2,(H,29,31)(H,32,41)(H,33,40)(H,34,39)(H,35,36)(H,37,38)(H,42,43). The number of aliphatic carboxylic acids is 3. The van der Waals surface area contributed by atoms with Gasteiger partial charge in [-0.3, -0.25) is 24.0 Å². The lowest BCUT2D eigenvalue weighted by Gasteiger charge is -2.25. The van der Waals surface area contributed by atoms with E-state index in [1.54, 1.807) is 12.3 Å². The molecule has 230 valence electrons. The third kappa shape index (κ3) is 9.67. The molecule has 2 aromatic heterocycles. The number of nitrogens with zero attached hydrogens (tertiary/aromatic N) is 1. The van der Waals surface area contributed by atoms with E-state index in [0.717, 1.165) is 10.9 Å². The number of aromatic nitrogens is 3. The molecule has 4 atom stereocenters. The zero-order chi connectivity index (χ0) is 31.5. The molecular weight excluding hydrogens is 566 g/mol. The van der Waals surface area contributed by atoms with E-state index in [9.17, 15) is 39.0 Å². The summed E-state index contributed by atoms with van der Waals surface area (Å²) in [4.78, 5) is 83.1. The second-order valence-electron chi connectivity index (χ2n) is 9.84. The molecule has 0 aliphatic heterocycles. The fraction of sp³-hybridized carbons (Fsp3) is 0.370. The van der Waals surface area contributed by atoms with Gasteiger partial charge in [-0.2, -0.15) is 0 Å². The van der Waals surface area contributed by atoms with Crippen LogP contribution in [0.5, 0.6) is 0 Å². The minimum Gasteiger partial charge on any atom is -0.481 e. The summed E-state index contributed by atoms with van der Waals surface area (Å²) in [6, 6.07) is 1.78. The third-order valence-corrected chi connectivity index (χ3v) is 6.60. The molecule has 0 saturated carbocycles. The number of amides is 3. The number of nitrogens with two attached hydrogens (primary N) is 1. The molecule has 3 amide bonds. The van der Waals surface area contributed by atoms with Crippen LogP contribution in [0.15, 0.2) is 43.0 Å². The van der Waals surface area contributed by atoms with Crippen LogP contribution in [-0.2, 0) is 41.6 Å². The fourth-order valence-electron chi connectivity index (χ4n) is 4.34. The molecule has 3 rings (SSSR count). The molecule has 0 aliphatic carbocycles. The molecule has 16 nitrogen and oxygen atoms in total. The van der Waals surface area contributed by atoms with Crippen LogP contribution in [0.25, 0.3) is 10.9 Å². The number of fused-ring (bicyclic) bond motifs is 1. The van der Waals surface area contributed by atoms with E-state index in [0.29, 0.717) is 11.3 Å². The highest BCUT2D eigenvalue weighted by Gasteiger charge is 2.31. The Labute approximate surface area is 244 Å². The van der Waals surface area contributed by atoms with Crippen molar-refractivity contribution < 1.29 is 44.1 Å². The molecule has 4 unspecified atom stereocenters. The lowest BCUT2D eigenvalue weighted by molar-refractivity contribution is -0.144. The molecule has 43 heavy (non-hydrogen) atoms. The maximum Gasteiger partial charge on any atom is 0.326 e. The molecule has 1 aromatic carbocycles. The normalized spacial score (nSPS) is 13.8. The Kier molecular flexibility index (Phi) is 11.3. The number of carboxylic acid groups (broad SMARTS) is 3. The van der Waals surface area contributed by atoms with Crippen molar-refractivity contribution in [2.75, 3.05) is 0 Å². The molecule has 16 heteroatoms. The van der Waals surface area contributed by atoms with Crippen molar-refractivity contribution >= 4 is 46.5 Å². The highest BCUT2D eigenvalue weighted by molar-refractivity contribution is 5.95. The minimum atomic E-state index is -1.60. The van der Waals surface area contributed by atoms with Gasteiger partial charge in [0.25, 0.3) is 0 Å². The Balaban J connectivity index is 1.83. The topological polar surface area (TPSA) is 270 Å². The smallest absolute Gasteiger partial charge is 0.326 e. The van der Waals surface area contributed by atoms with Crippen molar-refractivity contribution in [3.8, 4) is 0 Å². The van der Waals surface area contributed by atoms with Gasteiger partial charge in [0, 0.05) is 54.7 Å². The quantitative estimate of drug-likeness (QED) is 0.0933. The highest BCUT2D eigenvalue weighted by atomic mass is 16.4. The van der Waals surface area contributed by atoms with Gasteiger partial charge in [0.15, 0.2) is 0 Å². The van der Waals surface area contributed by atoms with Crippen molar-refractivity contribution in [2.45, 2.75) is 62.7 Å². The molecule has 0 bridgehead atoms. The Morgan fingerprint density at radius 3 is 2.02 bits per heavy atom. The van der Waals surface area contributed by atoms with E-state index in [4.69, 9.17) is 10.8 Å². The van der Waals surface area contributed by atoms with Gasteiger partial charge in [0.05, 0.1) is 12.4 Å². The number of nitrogens with one attached hydrogen (secondary N) is 5. The summed E-state index contributed by atoms with van der Waals surface area (Å²) in [6.45, 7) is 0. The van der Waals surface area contributed by atoms with Gasteiger partial charge < -0.3 is 47.0 Å². The Bertz CT molecular complexity index is 1450. The van der Waals surface area contributed by atoms with Crippen LogP contribution < -0.4 is 21.7 Å². The number of aromatic amines is 2. The van der Waals surface area contributed by atoms with Crippen LogP contribution in [-0.4, -0.2) is 90.1 Å². The van der Waals surface area contributed by atoms with E-state index < -0.39 is 85.5 Å². The number of rotatable bonds is 17. The zero-order valence-electron chi connectivity index (χ0n) is 22.9. The van der Waals surface area contributed by atoms with Gasteiger partial charge >= 0.3 is 17.9 Å². The Morgan fingerprint density at radius 2 is 1.40 bits per heavy atom. The van der Waals surface area contributed by atoms with Gasteiger partial charge in [0.1, 0.15) is 18.1 Å². The summed E-state index contributed by atoms with van der Waals surface area (Å²) in [5, 5.41) is 35.5. The predicted molar refractivity (Wildman–Crippen MR) is 149 cm³/mol. The van der Waals surface area contributed by atoms with E-state index >= 15 is 0 Å². The zero-order valence-corrected chi connectivity index (χ0v) is 22.9. The first-order valence-corrected chi connectivity index (χ1v) is 13.3. The molecule has 3 aromatic rings. The van der Waals surface area contributed by atoms with Crippen LogP contribution in [0.3, 0.4) is 0 Å². The first-order chi connectivity index (χ1) is 20.4. The number of benzene rings is 1. The number of hydrogen-bond donors (Lipinski definition) is 9. The van der Waals surface area contributed by atoms with Gasteiger partial charge in [-0.05, 0) is 24.5 Å². The minimum absolute atomic E-state index is 0.0397. The first kappa shape index (κ1) is 32.3. The maximum absolute atomic E-state index is 13.6. The average Bonchev–Trinajstić information content (AvgIpc) is 3.62. The summed E-state index contributed by atoms with van der Waals surface area (Å²) < 4.78 is 0. The second-order valence-corrected chi connectivity index (χ2v) is 9.84. The number of carbonyl (C=O) groups excluding carboxylic acids is 3. The van der Waals surface area contributed by atoms with Gasteiger partial charge in [-0.15, -0.1) is 0 Å². The van der Waals surface area contributed by atoms with E-state index in [1.807, 2.05) is 18.2 Å². The van der Waals surface area contributed by atoms with Crippen LogP contribution in [0.2, 0.25) is 0 Å². The van der Waals surface area contributed by atoms with Gasteiger partial charge in [-0.1, -0.05) is 18.2 Å². The fourth-order valence-corrected chi connectivity index (χ4v) is 4.34. The molecular formula is C27H33N7O9. The monoisotopic (exact) mass is 599 g/mol. The predicted octanol–water partition coefficient (Wildman–Crippen LogP) is -0.728. The summed E-state index contributed by atoms with van der Waals surface area (Å²) in [5.41, 5.74) is 8.08. The largest absolute Gasteiger partial charge is 0.481 e. The van der Waals surface area contributed by atoms with Gasteiger partial charge in [0.2, 0.25) is 17.7 Å². The number of carboxylic acids is 3. The summed E-state index contributed by atoms with van der Waals surface area (Å²) in [7, 11) is 0. The van der Waals surface area contributed by atoms with E-state index in [2.05, 4.69) is 30.9 Å². The summed E-state index contributed by atoms with van der Waals surface area (Å²) in [5.74, 6) is -6.62.